The number of sulfonamides is 1. The van der Waals surface area contributed by atoms with Crippen LogP contribution in [0, 0.1) is 19.8 Å². The van der Waals surface area contributed by atoms with Crippen LogP contribution in [0.15, 0.2) is 17.0 Å². The summed E-state index contributed by atoms with van der Waals surface area (Å²) in [5.74, 6) is 0.230. The predicted octanol–water partition coefficient (Wildman–Crippen LogP) is 1.59. The van der Waals surface area contributed by atoms with Gasteiger partial charge in [0.25, 0.3) is 0 Å². The summed E-state index contributed by atoms with van der Waals surface area (Å²) in [5.41, 5.74) is 8.16. The molecule has 1 aliphatic heterocycles. The topological polar surface area (TPSA) is 81.4 Å². The average Bonchev–Trinajstić information content (AvgIpc) is 2.88. The first-order valence-corrected chi connectivity index (χ1v) is 8.26. The molecular formula is C14H22N2O3S. The largest absolute Gasteiger partial charge is 0.398 e. The number of rotatable bonds is 4. The summed E-state index contributed by atoms with van der Waals surface area (Å²) in [6.45, 7) is 6.93. The second-order valence-corrected chi connectivity index (χ2v) is 7.20. The van der Waals surface area contributed by atoms with Gasteiger partial charge in [-0.1, -0.05) is 0 Å². The summed E-state index contributed by atoms with van der Waals surface area (Å²) in [4.78, 5) is 0.226. The molecule has 1 aromatic rings. The van der Waals surface area contributed by atoms with E-state index in [4.69, 9.17) is 10.5 Å². The van der Waals surface area contributed by atoms with Crippen molar-refractivity contribution in [1.82, 2.24) is 4.72 Å². The van der Waals surface area contributed by atoms with Gasteiger partial charge in [0, 0.05) is 24.3 Å². The lowest BCUT2D eigenvalue weighted by molar-refractivity contribution is 0.180. The van der Waals surface area contributed by atoms with Crippen LogP contribution in [0.25, 0.3) is 0 Å². The zero-order valence-electron chi connectivity index (χ0n) is 12.1. The first-order chi connectivity index (χ1) is 9.31. The maximum Gasteiger partial charge on any atom is 0.240 e. The Hall–Kier alpha value is -1.11. The second kappa shape index (κ2) is 5.71. The van der Waals surface area contributed by atoms with Gasteiger partial charge < -0.3 is 10.5 Å². The van der Waals surface area contributed by atoms with Gasteiger partial charge in [-0.3, -0.25) is 0 Å². The number of anilines is 1. The van der Waals surface area contributed by atoms with Gasteiger partial charge in [0.1, 0.15) is 0 Å². The van der Waals surface area contributed by atoms with Crippen molar-refractivity contribution in [3.05, 3.63) is 23.3 Å². The van der Waals surface area contributed by atoms with E-state index >= 15 is 0 Å². The van der Waals surface area contributed by atoms with Crippen LogP contribution in [0.3, 0.4) is 0 Å². The van der Waals surface area contributed by atoms with Crippen molar-refractivity contribution in [2.75, 3.05) is 18.9 Å². The minimum atomic E-state index is -3.54. The maximum absolute atomic E-state index is 12.4. The summed E-state index contributed by atoms with van der Waals surface area (Å²) < 4.78 is 32.8. The molecule has 0 radical (unpaired) electrons. The van der Waals surface area contributed by atoms with Gasteiger partial charge in [0.05, 0.1) is 11.5 Å². The van der Waals surface area contributed by atoms with Gasteiger partial charge in [0.2, 0.25) is 10.0 Å². The Balaban J connectivity index is 2.21. The molecular weight excluding hydrogens is 276 g/mol. The van der Waals surface area contributed by atoms with E-state index in [-0.39, 0.29) is 16.9 Å². The van der Waals surface area contributed by atoms with Crippen LogP contribution in [0.5, 0.6) is 0 Å². The van der Waals surface area contributed by atoms with Crippen LogP contribution in [0.1, 0.15) is 24.5 Å². The molecule has 0 bridgehead atoms. The van der Waals surface area contributed by atoms with E-state index in [1.54, 1.807) is 6.07 Å². The Morgan fingerprint density at radius 3 is 2.65 bits per heavy atom. The third-order valence-electron chi connectivity index (χ3n) is 4.00. The van der Waals surface area contributed by atoms with Gasteiger partial charge in [-0.25, -0.2) is 13.1 Å². The standard InChI is InChI=1S/C14H22N2O3S/c1-9-6-13(7-14(15)10(9)2)20(17,18)16-11(3)12-4-5-19-8-12/h6-7,11-12,16H,4-5,8,15H2,1-3H3. The quantitative estimate of drug-likeness (QED) is 0.827. The lowest BCUT2D eigenvalue weighted by Crippen LogP contribution is -2.38. The predicted molar refractivity (Wildman–Crippen MR) is 79.0 cm³/mol. The summed E-state index contributed by atoms with van der Waals surface area (Å²) in [5, 5.41) is 0. The lowest BCUT2D eigenvalue weighted by atomic mass is 10.0. The third kappa shape index (κ3) is 3.13. The molecule has 1 aliphatic rings. The highest BCUT2D eigenvalue weighted by Crippen LogP contribution is 2.23. The summed E-state index contributed by atoms with van der Waals surface area (Å²) in [6, 6.07) is 3.03. The van der Waals surface area contributed by atoms with Crippen LogP contribution in [-0.4, -0.2) is 27.7 Å². The number of hydrogen-bond acceptors (Lipinski definition) is 4. The van der Waals surface area contributed by atoms with Crippen molar-refractivity contribution in [2.45, 2.75) is 38.1 Å². The maximum atomic E-state index is 12.4. The molecule has 112 valence electrons. The fourth-order valence-electron chi connectivity index (χ4n) is 2.36. The van der Waals surface area contributed by atoms with Crippen molar-refractivity contribution < 1.29 is 13.2 Å². The highest BCUT2D eigenvalue weighted by Gasteiger charge is 2.27. The molecule has 20 heavy (non-hydrogen) atoms. The number of nitrogens with two attached hydrogens (primary N) is 1. The molecule has 1 heterocycles. The monoisotopic (exact) mass is 298 g/mol. The van der Waals surface area contributed by atoms with E-state index < -0.39 is 10.0 Å². The Bertz CT molecular complexity index is 569. The van der Waals surface area contributed by atoms with Gasteiger partial charge in [-0.05, 0) is 50.5 Å². The first-order valence-electron chi connectivity index (χ1n) is 6.78. The smallest absolute Gasteiger partial charge is 0.240 e. The fourth-order valence-corrected chi connectivity index (χ4v) is 3.80. The molecule has 6 heteroatoms. The van der Waals surface area contributed by atoms with Crippen LogP contribution in [-0.2, 0) is 14.8 Å². The van der Waals surface area contributed by atoms with Crippen molar-refractivity contribution in [3.63, 3.8) is 0 Å². The van der Waals surface area contributed by atoms with Gasteiger partial charge in [-0.15, -0.1) is 0 Å². The SMILES string of the molecule is Cc1cc(S(=O)(=O)NC(C)C2CCOC2)cc(N)c1C. The van der Waals surface area contributed by atoms with Crippen LogP contribution < -0.4 is 10.5 Å². The van der Waals surface area contributed by atoms with E-state index in [9.17, 15) is 8.42 Å². The molecule has 2 atom stereocenters. The van der Waals surface area contributed by atoms with E-state index in [1.165, 1.54) is 6.07 Å². The highest BCUT2D eigenvalue weighted by molar-refractivity contribution is 7.89. The second-order valence-electron chi connectivity index (χ2n) is 5.49. The number of hydrogen-bond donors (Lipinski definition) is 2. The molecule has 1 saturated heterocycles. The van der Waals surface area contributed by atoms with Gasteiger partial charge in [-0.2, -0.15) is 0 Å². The number of benzene rings is 1. The average molecular weight is 298 g/mol. The molecule has 0 saturated carbocycles. The number of nitrogen functional groups attached to an aromatic ring is 1. The Labute approximate surface area is 120 Å². The molecule has 0 aromatic heterocycles. The van der Waals surface area contributed by atoms with Crippen LogP contribution >= 0.6 is 0 Å². The number of aryl methyl sites for hydroxylation is 1. The highest BCUT2D eigenvalue weighted by atomic mass is 32.2. The Kier molecular flexibility index (Phi) is 4.36. The molecule has 5 nitrogen and oxygen atoms in total. The van der Waals surface area contributed by atoms with Crippen molar-refractivity contribution in [3.8, 4) is 0 Å². The summed E-state index contributed by atoms with van der Waals surface area (Å²) >= 11 is 0. The minimum Gasteiger partial charge on any atom is -0.398 e. The Morgan fingerprint density at radius 1 is 1.40 bits per heavy atom. The molecule has 0 amide bonds. The normalized spacial score (nSPS) is 21.1. The summed E-state index contributed by atoms with van der Waals surface area (Å²) in [7, 11) is -3.54. The molecule has 0 spiro atoms. The lowest BCUT2D eigenvalue weighted by Gasteiger charge is -2.20. The van der Waals surface area contributed by atoms with Crippen LogP contribution in [0.4, 0.5) is 5.69 Å². The van der Waals surface area contributed by atoms with Crippen molar-refractivity contribution >= 4 is 15.7 Å². The Morgan fingerprint density at radius 2 is 2.10 bits per heavy atom. The van der Waals surface area contributed by atoms with Crippen molar-refractivity contribution in [2.24, 2.45) is 5.92 Å². The molecule has 1 fully saturated rings. The molecule has 0 aliphatic carbocycles. The number of ether oxygens (including phenoxy) is 1. The van der Waals surface area contributed by atoms with E-state index in [2.05, 4.69) is 4.72 Å². The zero-order chi connectivity index (χ0) is 14.9. The third-order valence-corrected chi connectivity index (χ3v) is 5.54. The van der Waals surface area contributed by atoms with Gasteiger partial charge in [0.15, 0.2) is 0 Å². The van der Waals surface area contributed by atoms with Crippen LogP contribution in [0.2, 0.25) is 0 Å². The minimum absolute atomic E-state index is 0.148. The molecule has 2 rings (SSSR count). The number of nitrogens with one attached hydrogen (secondary N) is 1. The molecule has 3 N–H and O–H groups in total. The zero-order valence-corrected chi connectivity index (χ0v) is 13.0. The molecule has 2 unspecified atom stereocenters. The van der Waals surface area contributed by atoms with Crippen molar-refractivity contribution in [1.29, 1.82) is 0 Å². The van der Waals surface area contributed by atoms with E-state index in [1.807, 2.05) is 20.8 Å². The molecule has 1 aromatic carbocycles. The summed E-state index contributed by atoms with van der Waals surface area (Å²) in [6.07, 6.45) is 0.888. The first kappa shape index (κ1) is 15.3. The fraction of sp³-hybridized carbons (Fsp3) is 0.571. The van der Waals surface area contributed by atoms with E-state index in [0.717, 1.165) is 17.5 Å². The van der Waals surface area contributed by atoms with Gasteiger partial charge >= 0.3 is 0 Å². The van der Waals surface area contributed by atoms with E-state index in [0.29, 0.717) is 18.9 Å².